The van der Waals surface area contributed by atoms with Crippen molar-refractivity contribution < 1.29 is 19.0 Å². The van der Waals surface area contributed by atoms with Crippen molar-refractivity contribution in [2.45, 2.75) is 16.2 Å². The Hall–Kier alpha value is -4.43. The van der Waals surface area contributed by atoms with E-state index in [0.717, 1.165) is 11.8 Å². The van der Waals surface area contributed by atoms with Gasteiger partial charge in [-0.2, -0.15) is 0 Å². The van der Waals surface area contributed by atoms with Crippen LogP contribution in [-0.2, 0) is 6.42 Å². The van der Waals surface area contributed by atoms with Crippen molar-refractivity contribution >= 4 is 22.7 Å². The van der Waals surface area contributed by atoms with Gasteiger partial charge in [-0.1, -0.05) is 48.2 Å². The molecule has 0 aliphatic carbocycles. The van der Waals surface area contributed by atoms with Gasteiger partial charge in [0.25, 0.3) is 5.56 Å². The lowest BCUT2D eigenvalue weighted by Gasteiger charge is -2.19. The average Bonchev–Trinajstić information content (AvgIpc) is 3.11. The summed E-state index contributed by atoms with van der Waals surface area (Å²) in [5, 5.41) is 11.3. The summed E-state index contributed by atoms with van der Waals surface area (Å²) in [6, 6.07) is 23.7. The summed E-state index contributed by atoms with van der Waals surface area (Å²) in [6.07, 6.45) is 0.373. The standard InChI is InChI=1S/C29H21NO6S/c1-34-18-10-7-11-19(16-18)37-27-25(31)23-26(36-29(27)33)21-14-15-35-22-13-6-5-12-20(22)24(21)30(28(23)32)17-8-3-2-4-9-17/h2-13,16,31H,14-15H2,1H3. The lowest BCUT2D eigenvalue weighted by molar-refractivity contribution is 0.326. The van der Waals surface area contributed by atoms with Crippen LogP contribution in [0.15, 0.2) is 103 Å². The van der Waals surface area contributed by atoms with Crippen LogP contribution in [0.2, 0.25) is 0 Å². The number of ether oxygens (including phenoxy) is 2. The van der Waals surface area contributed by atoms with E-state index in [9.17, 15) is 14.7 Å². The first kappa shape index (κ1) is 23.0. The van der Waals surface area contributed by atoms with Gasteiger partial charge in [-0.25, -0.2) is 4.79 Å². The smallest absolute Gasteiger partial charge is 0.354 e. The summed E-state index contributed by atoms with van der Waals surface area (Å²) in [5.74, 6) is 0.821. The van der Waals surface area contributed by atoms with Crippen molar-refractivity contribution in [2.24, 2.45) is 0 Å². The van der Waals surface area contributed by atoms with Crippen molar-refractivity contribution in [3.63, 3.8) is 0 Å². The zero-order valence-corrected chi connectivity index (χ0v) is 20.6. The number of aromatic nitrogens is 1. The second kappa shape index (κ2) is 9.22. The second-order valence-electron chi connectivity index (χ2n) is 8.45. The minimum atomic E-state index is -0.727. The molecule has 1 aliphatic rings. The van der Waals surface area contributed by atoms with Crippen LogP contribution in [0.4, 0.5) is 0 Å². The molecule has 2 aromatic heterocycles. The van der Waals surface area contributed by atoms with Crippen LogP contribution in [0.25, 0.3) is 27.9 Å². The molecule has 0 saturated carbocycles. The van der Waals surface area contributed by atoms with Crippen LogP contribution in [0.1, 0.15) is 5.56 Å². The van der Waals surface area contributed by atoms with Gasteiger partial charge in [0, 0.05) is 28.1 Å². The topological polar surface area (TPSA) is 90.9 Å². The molecule has 5 aromatic rings. The van der Waals surface area contributed by atoms with Gasteiger partial charge < -0.3 is 19.0 Å². The molecule has 0 amide bonds. The lowest BCUT2D eigenvalue weighted by Crippen LogP contribution is -2.23. The number of fused-ring (bicyclic) bond motifs is 5. The molecule has 6 rings (SSSR count). The van der Waals surface area contributed by atoms with Crippen molar-refractivity contribution in [2.75, 3.05) is 13.7 Å². The van der Waals surface area contributed by atoms with Crippen LogP contribution in [0.3, 0.4) is 0 Å². The highest BCUT2D eigenvalue weighted by Crippen LogP contribution is 2.42. The van der Waals surface area contributed by atoms with Gasteiger partial charge in [0.15, 0.2) is 11.3 Å². The van der Waals surface area contributed by atoms with Crippen molar-refractivity contribution in [3.8, 4) is 34.2 Å². The van der Waals surface area contributed by atoms with Gasteiger partial charge in [0.05, 0.1) is 19.4 Å². The summed E-state index contributed by atoms with van der Waals surface area (Å²) >= 11 is 1.02. The zero-order valence-electron chi connectivity index (χ0n) is 19.8. The summed E-state index contributed by atoms with van der Waals surface area (Å²) in [5.41, 5.74) is 1.37. The minimum Gasteiger partial charge on any atom is -0.505 e. The first-order valence-corrected chi connectivity index (χ1v) is 12.5. The number of para-hydroxylation sites is 2. The Balaban J connectivity index is 1.69. The van der Waals surface area contributed by atoms with Gasteiger partial charge >= 0.3 is 5.63 Å². The molecule has 0 radical (unpaired) electrons. The maximum atomic E-state index is 14.1. The van der Waals surface area contributed by atoms with Crippen LogP contribution in [0, 0.1) is 0 Å². The highest BCUT2D eigenvalue weighted by Gasteiger charge is 2.29. The van der Waals surface area contributed by atoms with Gasteiger partial charge in [-0.05, 0) is 42.5 Å². The molecule has 0 bridgehead atoms. The SMILES string of the molecule is COc1cccc(Sc2c(O)c3c(=O)n(-c4ccccc4)c4c(c3oc2=O)CCOc2ccccc2-4)c1. The molecule has 8 heteroatoms. The maximum Gasteiger partial charge on any atom is 0.354 e. The van der Waals surface area contributed by atoms with Gasteiger partial charge in [-0.15, -0.1) is 0 Å². The Kier molecular flexibility index (Phi) is 5.73. The van der Waals surface area contributed by atoms with E-state index in [-0.39, 0.29) is 15.9 Å². The molecule has 0 atom stereocenters. The fourth-order valence-corrected chi connectivity index (χ4v) is 5.52. The summed E-state index contributed by atoms with van der Waals surface area (Å²) in [7, 11) is 1.55. The number of pyridine rings is 1. The third-order valence-electron chi connectivity index (χ3n) is 6.29. The van der Waals surface area contributed by atoms with Gasteiger partial charge in [0.1, 0.15) is 21.8 Å². The molecule has 1 aliphatic heterocycles. The maximum absolute atomic E-state index is 14.1. The van der Waals surface area contributed by atoms with E-state index in [4.69, 9.17) is 13.9 Å². The number of hydrogen-bond donors (Lipinski definition) is 1. The van der Waals surface area contributed by atoms with E-state index in [1.165, 1.54) is 0 Å². The Morgan fingerprint density at radius 1 is 0.973 bits per heavy atom. The lowest BCUT2D eigenvalue weighted by atomic mass is 10.00. The summed E-state index contributed by atoms with van der Waals surface area (Å²) in [4.78, 5) is 27.9. The van der Waals surface area contributed by atoms with E-state index in [0.29, 0.717) is 51.9 Å². The first-order valence-electron chi connectivity index (χ1n) is 11.6. The molecular weight excluding hydrogens is 490 g/mol. The molecule has 184 valence electrons. The largest absolute Gasteiger partial charge is 0.505 e. The van der Waals surface area contributed by atoms with Gasteiger partial charge in [-0.3, -0.25) is 9.36 Å². The van der Waals surface area contributed by atoms with E-state index in [1.54, 1.807) is 35.9 Å². The molecule has 0 fully saturated rings. The number of benzene rings is 3. The molecular formula is C29H21NO6S. The average molecular weight is 512 g/mol. The second-order valence-corrected chi connectivity index (χ2v) is 9.53. The number of hydrogen-bond acceptors (Lipinski definition) is 7. The molecule has 3 aromatic carbocycles. The number of nitrogens with zero attached hydrogens (tertiary/aromatic N) is 1. The predicted octanol–water partition coefficient (Wildman–Crippen LogP) is 5.41. The van der Waals surface area contributed by atoms with Crippen molar-refractivity contribution in [1.82, 2.24) is 4.57 Å². The molecule has 1 N–H and O–H groups in total. The molecule has 37 heavy (non-hydrogen) atoms. The Labute approximate surface area is 215 Å². The van der Waals surface area contributed by atoms with E-state index in [2.05, 4.69) is 0 Å². The molecule has 0 unspecified atom stereocenters. The highest BCUT2D eigenvalue weighted by molar-refractivity contribution is 7.99. The summed E-state index contributed by atoms with van der Waals surface area (Å²) in [6.45, 7) is 0.316. The highest BCUT2D eigenvalue weighted by atomic mass is 32.2. The van der Waals surface area contributed by atoms with Crippen LogP contribution >= 0.6 is 11.8 Å². The first-order chi connectivity index (χ1) is 18.1. The van der Waals surface area contributed by atoms with E-state index >= 15 is 0 Å². The third-order valence-corrected chi connectivity index (χ3v) is 7.34. The normalized spacial score (nSPS) is 12.4. The summed E-state index contributed by atoms with van der Waals surface area (Å²) < 4.78 is 18.6. The van der Waals surface area contributed by atoms with Crippen LogP contribution < -0.4 is 20.7 Å². The molecule has 3 heterocycles. The quantitative estimate of drug-likeness (QED) is 0.345. The number of methoxy groups -OCH3 is 1. The van der Waals surface area contributed by atoms with Crippen LogP contribution in [0.5, 0.6) is 17.2 Å². The predicted molar refractivity (Wildman–Crippen MR) is 141 cm³/mol. The Morgan fingerprint density at radius 3 is 2.57 bits per heavy atom. The molecule has 0 saturated heterocycles. The number of aromatic hydroxyl groups is 1. The minimum absolute atomic E-state index is 0.0491. The van der Waals surface area contributed by atoms with Crippen molar-refractivity contribution in [3.05, 3.63) is 105 Å². The molecule has 0 spiro atoms. The zero-order chi connectivity index (χ0) is 25.5. The fraction of sp³-hybridized carbons (Fsp3) is 0.103. The van der Waals surface area contributed by atoms with Crippen LogP contribution in [-0.4, -0.2) is 23.4 Å². The monoisotopic (exact) mass is 511 g/mol. The van der Waals surface area contributed by atoms with E-state index < -0.39 is 16.9 Å². The van der Waals surface area contributed by atoms with Crippen molar-refractivity contribution in [1.29, 1.82) is 0 Å². The van der Waals surface area contributed by atoms with Gasteiger partial charge in [0.2, 0.25) is 0 Å². The molecule has 7 nitrogen and oxygen atoms in total. The third kappa shape index (κ3) is 3.86. The van der Waals surface area contributed by atoms with E-state index in [1.807, 2.05) is 54.6 Å². The Morgan fingerprint density at radius 2 is 1.76 bits per heavy atom. The Bertz CT molecular complexity index is 1770. The fourth-order valence-electron chi connectivity index (χ4n) is 4.64. The number of rotatable bonds is 4.